The van der Waals surface area contributed by atoms with Gasteiger partial charge in [-0.15, -0.1) is 0 Å². The lowest BCUT2D eigenvalue weighted by Crippen LogP contribution is -2.12. The summed E-state index contributed by atoms with van der Waals surface area (Å²) in [6.45, 7) is 0. The number of aromatic nitrogens is 4. The van der Waals surface area contributed by atoms with Gasteiger partial charge in [-0.2, -0.15) is 5.10 Å². The molecule has 0 radical (unpaired) electrons. The predicted molar refractivity (Wildman–Crippen MR) is 70.5 cm³/mol. The SMILES string of the molecule is CN(C)c1nccc(-c2cnn3ccccc23)n1. The first-order valence-electron chi connectivity index (χ1n) is 5.69. The Kier molecular flexibility index (Phi) is 2.44. The molecule has 0 N–H and O–H groups in total. The molecule has 0 fully saturated rings. The Bertz CT molecular complexity index is 686. The minimum Gasteiger partial charge on any atom is -0.347 e. The van der Waals surface area contributed by atoms with E-state index >= 15 is 0 Å². The van der Waals surface area contributed by atoms with Crippen molar-refractivity contribution < 1.29 is 0 Å². The molecular formula is C13H13N5. The minimum atomic E-state index is 0.697. The third-order valence-corrected chi connectivity index (χ3v) is 2.75. The summed E-state index contributed by atoms with van der Waals surface area (Å²) in [7, 11) is 3.85. The summed E-state index contributed by atoms with van der Waals surface area (Å²) in [5.74, 6) is 0.697. The third-order valence-electron chi connectivity index (χ3n) is 2.75. The number of anilines is 1. The number of hydrogen-bond acceptors (Lipinski definition) is 4. The zero-order valence-electron chi connectivity index (χ0n) is 10.3. The molecule has 0 saturated heterocycles. The maximum Gasteiger partial charge on any atom is 0.225 e. The highest BCUT2D eigenvalue weighted by Crippen LogP contribution is 2.23. The molecule has 0 atom stereocenters. The maximum absolute atomic E-state index is 4.53. The molecule has 3 heterocycles. The van der Waals surface area contributed by atoms with Crippen molar-refractivity contribution in [2.75, 3.05) is 19.0 Å². The molecule has 0 spiro atoms. The molecular weight excluding hydrogens is 226 g/mol. The first-order valence-corrected chi connectivity index (χ1v) is 5.69. The van der Waals surface area contributed by atoms with Crippen LogP contribution in [0, 0.1) is 0 Å². The fraction of sp³-hybridized carbons (Fsp3) is 0.154. The lowest BCUT2D eigenvalue weighted by molar-refractivity contribution is 0.961. The summed E-state index contributed by atoms with van der Waals surface area (Å²) in [6.07, 6.45) is 5.52. The van der Waals surface area contributed by atoms with Gasteiger partial charge >= 0.3 is 0 Å². The molecule has 3 aromatic rings. The van der Waals surface area contributed by atoms with E-state index in [0.717, 1.165) is 16.8 Å². The fourth-order valence-corrected chi connectivity index (χ4v) is 1.85. The Morgan fingerprint density at radius 3 is 2.89 bits per heavy atom. The highest BCUT2D eigenvalue weighted by atomic mass is 15.2. The first-order chi connectivity index (χ1) is 8.75. The highest BCUT2D eigenvalue weighted by molar-refractivity contribution is 5.77. The van der Waals surface area contributed by atoms with E-state index in [-0.39, 0.29) is 0 Å². The standard InChI is InChI=1S/C13H13N5/c1-17(2)13-14-7-6-11(16-13)10-9-15-18-8-4-3-5-12(10)18/h3-9H,1-2H3. The number of pyridine rings is 1. The zero-order chi connectivity index (χ0) is 12.5. The summed E-state index contributed by atoms with van der Waals surface area (Å²) in [6, 6.07) is 7.88. The van der Waals surface area contributed by atoms with Crippen molar-refractivity contribution in [1.82, 2.24) is 19.6 Å². The molecule has 5 heteroatoms. The largest absolute Gasteiger partial charge is 0.347 e. The average Bonchev–Trinajstić information content (AvgIpc) is 2.82. The summed E-state index contributed by atoms with van der Waals surface area (Å²) >= 11 is 0. The van der Waals surface area contributed by atoms with Crippen molar-refractivity contribution in [2.45, 2.75) is 0 Å². The maximum atomic E-state index is 4.53. The summed E-state index contributed by atoms with van der Waals surface area (Å²) in [5.41, 5.74) is 2.94. The topological polar surface area (TPSA) is 46.3 Å². The lowest BCUT2D eigenvalue weighted by atomic mass is 10.2. The lowest BCUT2D eigenvalue weighted by Gasteiger charge is -2.10. The van der Waals surface area contributed by atoms with Gasteiger partial charge in [0.2, 0.25) is 5.95 Å². The molecule has 0 unspecified atom stereocenters. The van der Waals surface area contributed by atoms with Crippen molar-refractivity contribution in [2.24, 2.45) is 0 Å². The van der Waals surface area contributed by atoms with Crippen LogP contribution in [0.15, 0.2) is 42.9 Å². The monoisotopic (exact) mass is 239 g/mol. The van der Waals surface area contributed by atoms with E-state index in [1.807, 2.05) is 60.2 Å². The van der Waals surface area contributed by atoms with E-state index in [9.17, 15) is 0 Å². The summed E-state index contributed by atoms with van der Waals surface area (Å²) < 4.78 is 1.84. The minimum absolute atomic E-state index is 0.697. The number of rotatable bonds is 2. The van der Waals surface area contributed by atoms with Crippen LogP contribution in [0.4, 0.5) is 5.95 Å². The van der Waals surface area contributed by atoms with E-state index in [1.165, 1.54) is 0 Å². The van der Waals surface area contributed by atoms with E-state index < -0.39 is 0 Å². The van der Waals surface area contributed by atoms with Gasteiger partial charge in [0, 0.05) is 32.1 Å². The molecule has 0 aliphatic carbocycles. The fourth-order valence-electron chi connectivity index (χ4n) is 1.85. The van der Waals surface area contributed by atoms with Gasteiger partial charge in [0.25, 0.3) is 0 Å². The van der Waals surface area contributed by atoms with E-state index in [4.69, 9.17) is 0 Å². The van der Waals surface area contributed by atoms with Gasteiger partial charge in [-0.3, -0.25) is 0 Å². The van der Waals surface area contributed by atoms with Crippen LogP contribution in [0.2, 0.25) is 0 Å². The van der Waals surface area contributed by atoms with Crippen LogP contribution in [-0.2, 0) is 0 Å². The van der Waals surface area contributed by atoms with Crippen LogP contribution < -0.4 is 4.90 Å². The number of hydrogen-bond donors (Lipinski definition) is 0. The van der Waals surface area contributed by atoms with Gasteiger partial charge in [-0.25, -0.2) is 14.5 Å². The normalized spacial score (nSPS) is 10.8. The highest BCUT2D eigenvalue weighted by Gasteiger charge is 2.09. The average molecular weight is 239 g/mol. The molecule has 0 bridgehead atoms. The second kappa shape index (κ2) is 4.10. The second-order valence-electron chi connectivity index (χ2n) is 4.23. The van der Waals surface area contributed by atoms with Crippen LogP contribution >= 0.6 is 0 Å². The van der Waals surface area contributed by atoms with Crippen LogP contribution in [0.25, 0.3) is 16.8 Å². The molecule has 5 nitrogen and oxygen atoms in total. The predicted octanol–water partition coefficient (Wildman–Crippen LogP) is 1.86. The Balaban J connectivity index is 2.17. The van der Waals surface area contributed by atoms with Crippen molar-refractivity contribution in [3.8, 4) is 11.3 Å². The Morgan fingerprint density at radius 1 is 1.17 bits per heavy atom. The van der Waals surface area contributed by atoms with E-state index in [0.29, 0.717) is 5.95 Å². The quantitative estimate of drug-likeness (QED) is 0.684. The Labute approximate surface area is 105 Å². The number of nitrogens with zero attached hydrogens (tertiary/aromatic N) is 5. The molecule has 0 aliphatic heterocycles. The van der Waals surface area contributed by atoms with E-state index in [2.05, 4.69) is 15.1 Å². The van der Waals surface area contributed by atoms with Crippen LogP contribution in [0.3, 0.4) is 0 Å². The molecule has 0 amide bonds. The van der Waals surface area contributed by atoms with Crippen LogP contribution in [0.5, 0.6) is 0 Å². The zero-order valence-corrected chi connectivity index (χ0v) is 10.3. The molecule has 90 valence electrons. The van der Waals surface area contributed by atoms with Crippen molar-refractivity contribution in [3.63, 3.8) is 0 Å². The van der Waals surface area contributed by atoms with Gasteiger partial charge in [0.15, 0.2) is 0 Å². The van der Waals surface area contributed by atoms with Gasteiger partial charge in [-0.05, 0) is 18.2 Å². The van der Waals surface area contributed by atoms with Crippen LogP contribution in [-0.4, -0.2) is 33.7 Å². The van der Waals surface area contributed by atoms with E-state index in [1.54, 1.807) is 6.20 Å². The Hall–Kier alpha value is -2.43. The smallest absolute Gasteiger partial charge is 0.225 e. The van der Waals surface area contributed by atoms with Gasteiger partial charge in [-0.1, -0.05) is 6.07 Å². The van der Waals surface area contributed by atoms with Crippen LogP contribution in [0.1, 0.15) is 0 Å². The Morgan fingerprint density at radius 2 is 2.06 bits per heavy atom. The summed E-state index contributed by atoms with van der Waals surface area (Å²) in [4.78, 5) is 10.6. The second-order valence-corrected chi connectivity index (χ2v) is 4.23. The first kappa shape index (κ1) is 10.7. The number of fused-ring (bicyclic) bond motifs is 1. The molecule has 0 saturated carbocycles. The third kappa shape index (κ3) is 1.69. The molecule has 0 aromatic carbocycles. The van der Waals surface area contributed by atoms with Gasteiger partial charge < -0.3 is 4.90 Å². The molecule has 3 aromatic heterocycles. The van der Waals surface area contributed by atoms with Crippen molar-refractivity contribution in [3.05, 3.63) is 42.9 Å². The molecule has 18 heavy (non-hydrogen) atoms. The molecule has 0 aliphatic rings. The van der Waals surface area contributed by atoms with Crippen molar-refractivity contribution in [1.29, 1.82) is 0 Å². The summed E-state index contributed by atoms with van der Waals surface area (Å²) in [5, 5.41) is 4.31. The molecule has 3 rings (SSSR count). The van der Waals surface area contributed by atoms with Crippen molar-refractivity contribution >= 4 is 11.5 Å². The van der Waals surface area contributed by atoms with Gasteiger partial charge in [0.1, 0.15) is 0 Å². The van der Waals surface area contributed by atoms with Gasteiger partial charge in [0.05, 0.1) is 17.4 Å².